The fourth-order valence-electron chi connectivity index (χ4n) is 1.81. The Labute approximate surface area is 110 Å². The number of Topliss-reactive ketones (excluding diaryl/α,β-unsaturated/α-hetero) is 2. The number of furan rings is 1. The summed E-state index contributed by atoms with van der Waals surface area (Å²) in [4.78, 5) is 23.6. The summed E-state index contributed by atoms with van der Waals surface area (Å²) in [6, 6.07) is 8.89. The lowest BCUT2D eigenvalue weighted by molar-refractivity contribution is -0.155. The van der Waals surface area contributed by atoms with Crippen LogP contribution in [-0.4, -0.2) is 32.1 Å². The van der Waals surface area contributed by atoms with E-state index in [1.807, 2.05) is 18.2 Å². The molecule has 0 radical (unpaired) electrons. The van der Waals surface area contributed by atoms with Gasteiger partial charge >= 0.3 is 0 Å². The van der Waals surface area contributed by atoms with Gasteiger partial charge < -0.3 is 13.9 Å². The highest BCUT2D eigenvalue weighted by Crippen LogP contribution is 2.20. The monoisotopic (exact) mass is 262 g/mol. The molecule has 0 aliphatic rings. The molecule has 0 saturated carbocycles. The highest BCUT2D eigenvalue weighted by molar-refractivity contribution is 6.08. The van der Waals surface area contributed by atoms with Crippen molar-refractivity contribution in [2.24, 2.45) is 0 Å². The van der Waals surface area contributed by atoms with Gasteiger partial charge in [-0.25, -0.2) is 0 Å². The van der Waals surface area contributed by atoms with Gasteiger partial charge in [-0.1, -0.05) is 18.2 Å². The predicted octanol–water partition coefficient (Wildman–Crippen LogP) is 2.19. The lowest BCUT2D eigenvalue weighted by Crippen LogP contribution is -2.26. The number of hydrogen-bond acceptors (Lipinski definition) is 5. The maximum Gasteiger partial charge on any atom is 0.217 e. The molecule has 0 bridgehead atoms. The minimum atomic E-state index is -1.02. The average molecular weight is 262 g/mol. The van der Waals surface area contributed by atoms with Crippen molar-refractivity contribution >= 4 is 22.5 Å². The zero-order chi connectivity index (χ0) is 13.8. The second-order valence-electron chi connectivity index (χ2n) is 4.02. The Hall–Kier alpha value is -1.98. The molecule has 19 heavy (non-hydrogen) atoms. The van der Waals surface area contributed by atoms with Crippen molar-refractivity contribution in [3.05, 3.63) is 36.1 Å². The van der Waals surface area contributed by atoms with E-state index in [2.05, 4.69) is 0 Å². The number of fused-ring (bicyclic) bond motifs is 1. The van der Waals surface area contributed by atoms with Crippen LogP contribution in [-0.2, 0) is 14.3 Å². The first kappa shape index (κ1) is 13.5. The summed E-state index contributed by atoms with van der Waals surface area (Å²) in [7, 11) is 2.69. The molecular weight excluding hydrogens is 248 g/mol. The van der Waals surface area contributed by atoms with Gasteiger partial charge in [0.2, 0.25) is 12.1 Å². The Kier molecular flexibility index (Phi) is 4.09. The Balaban J connectivity index is 2.13. The fraction of sp³-hybridized carbons (Fsp3) is 0.286. The average Bonchev–Trinajstić information content (AvgIpc) is 2.84. The van der Waals surface area contributed by atoms with Crippen molar-refractivity contribution in [3.63, 3.8) is 0 Å². The lowest BCUT2D eigenvalue weighted by Gasteiger charge is -2.10. The minimum absolute atomic E-state index is 0.167. The molecule has 0 N–H and O–H groups in total. The topological polar surface area (TPSA) is 65.7 Å². The van der Waals surface area contributed by atoms with Gasteiger partial charge in [0.15, 0.2) is 11.5 Å². The third kappa shape index (κ3) is 2.89. The van der Waals surface area contributed by atoms with Crippen molar-refractivity contribution in [2.75, 3.05) is 14.2 Å². The van der Waals surface area contributed by atoms with E-state index in [1.54, 1.807) is 12.1 Å². The maximum absolute atomic E-state index is 11.9. The standard InChI is InChI=1S/C14H14O5/c1-17-14(18-2)11(16)8-10(15)13-7-9-5-3-4-6-12(9)19-13/h3-7,14H,8H2,1-2H3. The van der Waals surface area contributed by atoms with Crippen LogP contribution in [0.15, 0.2) is 34.7 Å². The van der Waals surface area contributed by atoms with E-state index in [1.165, 1.54) is 14.2 Å². The third-order valence-electron chi connectivity index (χ3n) is 2.73. The van der Waals surface area contributed by atoms with Gasteiger partial charge in [0, 0.05) is 19.6 Å². The number of ketones is 2. The summed E-state index contributed by atoms with van der Waals surface area (Å²) in [5.41, 5.74) is 0.619. The second kappa shape index (κ2) is 5.77. The van der Waals surface area contributed by atoms with Gasteiger partial charge in [-0.3, -0.25) is 9.59 Å². The molecule has 0 fully saturated rings. The molecule has 0 aliphatic carbocycles. The Morgan fingerprint density at radius 1 is 1.21 bits per heavy atom. The molecular formula is C14H14O5. The van der Waals surface area contributed by atoms with Gasteiger partial charge in [0.05, 0.1) is 6.42 Å². The number of benzene rings is 1. The van der Waals surface area contributed by atoms with Crippen LogP contribution in [0.1, 0.15) is 17.0 Å². The molecule has 1 heterocycles. The van der Waals surface area contributed by atoms with Crippen LogP contribution in [0.3, 0.4) is 0 Å². The summed E-state index contributed by atoms with van der Waals surface area (Å²) in [6.45, 7) is 0. The highest BCUT2D eigenvalue weighted by atomic mass is 16.7. The quantitative estimate of drug-likeness (QED) is 0.453. The SMILES string of the molecule is COC(OC)C(=O)CC(=O)c1cc2ccccc2o1. The molecule has 0 saturated heterocycles. The van der Waals surface area contributed by atoms with Crippen LogP contribution < -0.4 is 0 Å². The van der Waals surface area contributed by atoms with E-state index < -0.39 is 12.1 Å². The molecule has 100 valence electrons. The van der Waals surface area contributed by atoms with E-state index in [9.17, 15) is 9.59 Å². The Morgan fingerprint density at radius 3 is 2.53 bits per heavy atom. The highest BCUT2D eigenvalue weighted by Gasteiger charge is 2.22. The van der Waals surface area contributed by atoms with Crippen LogP contribution in [0.25, 0.3) is 11.0 Å². The second-order valence-corrected chi connectivity index (χ2v) is 4.02. The molecule has 2 aromatic rings. The minimum Gasteiger partial charge on any atom is -0.453 e. The maximum atomic E-state index is 11.9. The Bertz CT molecular complexity index is 562. The van der Waals surface area contributed by atoms with Crippen LogP contribution >= 0.6 is 0 Å². The molecule has 1 aromatic heterocycles. The van der Waals surface area contributed by atoms with Gasteiger partial charge in [-0.2, -0.15) is 0 Å². The number of rotatable bonds is 6. The van der Waals surface area contributed by atoms with Crippen molar-refractivity contribution < 1.29 is 23.5 Å². The smallest absolute Gasteiger partial charge is 0.217 e. The van der Waals surface area contributed by atoms with Crippen molar-refractivity contribution in [1.82, 2.24) is 0 Å². The first-order valence-electron chi connectivity index (χ1n) is 5.75. The summed E-state index contributed by atoms with van der Waals surface area (Å²) >= 11 is 0. The van der Waals surface area contributed by atoms with E-state index in [0.29, 0.717) is 5.58 Å². The van der Waals surface area contributed by atoms with E-state index >= 15 is 0 Å². The molecule has 5 nitrogen and oxygen atoms in total. The molecule has 0 unspecified atom stereocenters. The van der Waals surface area contributed by atoms with Crippen LogP contribution in [0, 0.1) is 0 Å². The zero-order valence-corrected chi connectivity index (χ0v) is 10.7. The number of ether oxygens (including phenoxy) is 2. The van der Waals surface area contributed by atoms with Crippen LogP contribution in [0.4, 0.5) is 0 Å². The van der Waals surface area contributed by atoms with Gasteiger partial charge in [-0.05, 0) is 12.1 Å². The van der Waals surface area contributed by atoms with Crippen molar-refractivity contribution in [1.29, 1.82) is 0 Å². The van der Waals surface area contributed by atoms with Gasteiger partial charge in [0.25, 0.3) is 0 Å². The lowest BCUT2D eigenvalue weighted by atomic mass is 10.1. The van der Waals surface area contributed by atoms with Crippen LogP contribution in [0.2, 0.25) is 0 Å². The summed E-state index contributed by atoms with van der Waals surface area (Å²) in [5, 5.41) is 0.827. The van der Waals surface area contributed by atoms with Crippen molar-refractivity contribution in [3.8, 4) is 0 Å². The number of carbonyl (C=O) groups excluding carboxylic acids is 2. The number of methoxy groups -OCH3 is 2. The predicted molar refractivity (Wildman–Crippen MR) is 68.0 cm³/mol. The molecule has 5 heteroatoms. The first-order chi connectivity index (χ1) is 9.15. The van der Waals surface area contributed by atoms with E-state index in [0.717, 1.165) is 5.39 Å². The molecule has 0 spiro atoms. The van der Waals surface area contributed by atoms with Crippen molar-refractivity contribution in [2.45, 2.75) is 12.7 Å². The first-order valence-corrected chi connectivity index (χ1v) is 5.75. The molecule has 0 amide bonds. The number of para-hydroxylation sites is 1. The fourth-order valence-corrected chi connectivity index (χ4v) is 1.81. The molecule has 2 rings (SSSR count). The summed E-state index contributed by atoms with van der Waals surface area (Å²) in [5.74, 6) is -0.656. The van der Waals surface area contributed by atoms with Crippen LogP contribution in [0.5, 0.6) is 0 Å². The van der Waals surface area contributed by atoms with E-state index in [-0.39, 0.29) is 18.0 Å². The summed E-state index contributed by atoms with van der Waals surface area (Å²) < 4.78 is 15.0. The normalized spacial score (nSPS) is 11.1. The molecule has 0 atom stereocenters. The largest absolute Gasteiger partial charge is 0.453 e. The molecule has 1 aromatic carbocycles. The number of carbonyl (C=O) groups is 2. The number of hydrogen-bond donors (Lipinski definition) is 0. The van der Waals surface area contributed by atoms with Gasteiger partial charge in [-0.15, -0.1) is 0 Å². The van der Waals surface area contributed by atoms with Gasteiger partial charge in [0.1, 0.15) is 5.58 Å². The Morgan fingerprint density at radius 2 is 1.89 bits per heavy atom. The molecule has 0 aliphatic heterocycles. The third-order valence-corrected chi connectivity index (χ3v) is 2.73. The zero-order valence-electron chi connectivity index (χ0n) is 10.7. The van der Waals surface area contributed by atoms with E-state index in [4.69, 9.17) is 13.9 Å². The summed E-state index contributed by atoms with van der Waals surface area (Å²) in [6.07, 6.45) is -1.33.